The van der Waals surface area contributed by atoms with Crippen molar-refractivity contribution in [3.05, 3.63) is 119 Å². The second kappa shape index (κ2) is 18.1. The van der Waals surface area contributed by atoms with Crippen LogP contribution in [0.2, 0.25) is 0 Å². The summed E-state index contributed by atoms with van der Waals surface area (Å²) in [6, 6.07) is 24.4. The Morgan fingerprint density at radius 3 is 1.92 bits per heavy atom. The van der Waals surface area contributed by atoms with Gasteiger partial charge in [-0.15, -0.1) is 0 Å². The number of fused-ring (bicyclic) bond motifs is 1. The summed E-state index contributed by atoms with van der Waals surface area (Å²) in [5, 5.41) is 22.1. The van der Waals surface area contributed by atoms with Crippen LogP contribution in [0.3, 0.4) is 0 Å². The highest BCUT2D eigenvalue weighted by atomic mass is 19.1. The topological polar surface area (TPSA) is 143 Å². The summed E-state index contributed by atoms with van der Waals surface area (Å²) in [6.45, 7) is 11.8. The fourth-order valence-electron chi connectivity index (χ4n) is 9.67. The molecule has 8 rings (SSSR count). The number of carbonyl (C=O) groups is 4. The minimum Gasteiger partial charge on any atom is -0.508 e. The van der Waals surface area contributed by atoms with Gasteiger partial charge >= 0.3 is 0 Å². The lowest BCUT2D eigenvalue weighted by molar-refractivity contribution is -0.136. The van der Waals surface area contributed by atoms with Crippen molar-refractivity contribution in [3.8, 4) is 17.2 Å². The molecule has 324 valence electrons. The van der Waals surface area contributed by atoms with Gasteiger partial charge in [0.05, 0.1) is 16.8 Å². The van der Waals surface area contributed by atoms with Crippen molar-refractivity contribution in [3.63, 3.8) is 0 Å². The number of anilines is 1. The Hall–Kier alpha value is -6.05. The Labute approximate surface area is 361 Å². The molecule has 0 aromatic heterocycles. The Bertz CT molecular complexity index is 2350. The van der Waals surface area contributed by atoms with E-state index >= 15 is 4.39 Å². The van der Waals surface area contributed by atoms with Crippen LogP contribution in [0, 0.1) is 11.7 Å². The summed E-state index contributed by atoms with van der Waals surface area (Å²) in [7, 11) is 0. The van der Waals surface area contributed by atoms with E-state index in [0.717, 1.165) is 90.0 Å². The number of imide groups is 2. The summed E-state index contributed by atoms with van der Waals surface area (Å²) < 4.78 is 21.9. The largest absolute Gasteiger partial charge is 0.508 e. The number of piperidine rings is 2. The minimum absolute atomic E-state index is 0.0178. The van der Waals surface area contributed by atoms with Crippen molar-refractivity contribution in [2.75, 3.05) is 50.8 Å². The number of nitrogens with one attached hydrogen (secondary N) is 1. The normalized spacial score (nSPS) is 21.8. The van der Waals surface area contributed by atoms with Gasteiger partial charge in [0.1, 0.15) is 35.7 Å². The number of phenols is 2. The number of amides is 4. The minimum atomic E-state index is -1.10. The molecule has 13 heteroatoms. The molecule has 4 aromatic carbocycles. The molecule has 4 aliphatic heterocycles. The van der Waals surface area contributed by atoms with Crippen LogP contribution < -0.4 is 15.0 Å². The number of hydrogen-bond donors (Lipinski definition) is 3. The monoisotopic (exact) mass is 843 g/mol. The molecular formula is C49H54FN5O7. The van der Waals surface area contributed by atoms with Crippen LogP contribution in [-0.2, 0) is 9.59 Å². The lowest BCUT2D eigenvalue weighted by atomic mass is 9.88. The highest BCUT2D eigenvalue weighted by molar-refractivity contribution is 6.23. The van der Waals surface area contributed by atoms with Crippen molar-refractivity contribution >= 4 is 40.5 Å². The zero-order valence-corrected chi connectivity index (χ0v) is 35.5. The van der Waals surface area contributed by atoms with Crippen molar-refractivity contribution in [1.82, 2.24) is 20.0 Å². The van der Waals surface area contributed by atoms with Gasteiger partial charge in [0, 0.05) is 44.7 Å². The van der Waals surface area contributed by atoms with Gasteiger partial charge in [-0.3, -0.25) is 39.2 Å². The van der Waals surface area contributed by atoms with Crippen molar-refractivity contribution < 1.29 is 38.5 Å². The van der Waals surface area contributed by atoms with Gasteiger partial charge in [-0.05, 0) is 135 Å². The van der Waals surface area contributed by atoms with Crippen LogP contribution in [0.25, 0.3) is 11.1 Å². The number of halogens is 1. The first-order chi connectivity index (χ1) is 29.9. The molecule has 3 N–H and O–H groups in total. The molecule has 3 fully saturated rings. The maximum atomic E-state index is 15.7. The molecule has 4 aromatic rings. The number of carbonyl (C=O) groups excluding carboxylic acids is 4. The molecule has 4 amide bonds. The maximum absolute atomic E-state index is 15.7. The first-order valence-electron chi connectivity index (χ1n) is 21.7. The van der Waals surface area contributed by atoms with Gasteiger partial charge in [-0.2, -0.15) is 0 Å². The quantitative estimate of drug-likeness (QED) is 0.104. The molecule has 4 aliphatic rings. The number of benzene rings is 4. The Balaban J connectivity index is 0.828. The third-order valence-electron chi connectivity index (χ3n) is 13.0. The maximum Gasteiger partial charge on any atom is 0.262 e. The van der Waals surface area contributed by atoms with Gasteiger partial charge < -0.3 is 19.8 Å². The van der Waals surface area contributed by atoms with Crippen molar-refractivity contribution in [2.24, 2.45) is 5.92 Å². The van der Waals surface area contributed by atoms with Crippen LogP contribution >= 0.6 is 0 Å². The highest BCUT2D eigenvalue weighted by Crippen LogP contribution is 2.37. The SMILES string of the molecule is CCC(=C(c1ccc(O)cc1)c1ccc(OCCN2CCC(CN3C(C)CN(c4cc5c(cc4F)C(=O)N(C4CCC(=O)NC4=O)C5=O)CC3C)CC2)cc1)c1ccc(O)cc1. The standard InChI is InChI=1S/C49H54FN5O7/c1-4-39(33-5-11-36(56)12-6-33)46(34-7-13-37(57)14-8-34)35-9-15-38(16-10-35)62-24-23-52-21-19-32(20-22-52)29-54-30(2)27-53(28-31(54)3)44-26-41-40(25-42(44)50)48(60)55(49(41)61)43-17-18-45(58)51-47(43)59/h5-16,25-26,30-32,43,56-57H,4,17-24,27-29H2,1-3H3,(H,51,58,59). The number of piperazine rings is 1. The van der Waals surface area contributed by atoms with Crippen LogP contribution in [0.4, 0.5) is 10.1 Å². The zero-order valence-electron chi connectivity index (χ0n) is 35.5. The number of aromatic hydroxyl groups is 2. The van der Waals surface area contributed by atoms with E-state index in [-0.39, 0.29) is 53.2 Å². The van der Waals surface area contributed by atoms with E-state index in [4.69, 9.17) is 4.74 Å². The van der Waals surface area contributed by atoms with Crippen LogP contribution in [0.15, 0.2) is 84.9 Å². The number of phenolic OH excluding ortho intramolecular Hbond substituents is 2. The molecule has 62 heavy (non-hydrogen) atoms. The summed E-state index contributed by atoms with van der Waals surface area (Å²) in [5.41, 5.74) is 5.52. The number of ether oxygens (including phenoxy) is 1. The second-order valence-electron chi connectivity index (χ2n) is 17.1. The van der Waals surface area contributed by atoms with E-state index in [0.29, 0.717) is 25.6 Å². The van der Waals surface area contributed by atoms with Gasteiger partial charge in [-0.25, -0.2) is 4.39 Å². The summed E-state index contributed by atoms with van der Waals surface area (Å²) >= 11 is 0. The Morgan fingerprint density at radius 2 is 1.34 bits per heavy atom. The van der Waals surface area contributed by atoms with Gasteiger partial charge in [0.2, 0.25) is 11.8 Å². The lowest BCUT2D eigenvalue weighted by Gasteiger charge is -2.47. The average Bonchev–Trinajstić information content (AvgIpc) is 3.49. The Morgan fingerprint density at radius 1 is 0.774 bits per heavy atom. The first kappa shape index (κ1) is 42.6. The number of allylic oxidation sites excluding steroid dienone is 1. The van der Waals surface area contributed by atoms with E-state index in [1.807, 2.05) is 41.3 Å². The van der Waals surface area contributed by atoms with E-state index < -0.39 is 35.5 Å². The van der Waals surface area contributed by atoms with Crippen molar-refractivity contribution in [1.29, 1.82) is 0 Å². The third kappa shape index (κ3) is 8.82. The fraction of sp³-hybridized carbons (Fsp3) is 0.388. The molecule has 4 heterocycles. The highest BCUT2D eigenvalue weighted by Gasteiger charge is 2.45. The predicted molar refractivity (Wildman–Crippen MR) is 234 cm³/mol. The number of hydrogen-bond acceptors (Lipinski definition) is 10. The summed E-state index contributed by atoms with van der Waals surface area (Å²) in [4.78, 5) is 58.6. The first-order valence-corrected chi connectivity index (χ1v) is 21.7. The molecule has 0 spiro atoms. The summed E-state index contributed by atoms with van der Waals surface area (Å²) in [6.07, 6.45) is 2.97. The molecule has 3 atom stereocenters. The third-order valence-corrected chi connectivity index (χ3v) is 13.0. The van der Waals surface area contributed by atoms with Gasteiger partial charge in [-0.1, -0.05) is 43.3 Å². The van der Waals surface area contributed by atoms with Crippen LogP contribution in [0.1, 0.15) is 90.3 Å². The molecule has 0 bridgehead atoms. The van der Waals surface area contributed by atoms with E-state index in [9.17, 15) is 29.4 Å². The van der Waals surface area contributed by atoms with Crippen LogP contribution in [0.5, 0.6) is 17.2 Å². The molecule has 0 radical (unpaired) electrons. The number of rotatable bonds is 12. The van der Waals surface area contributed by atoms with Crippen molar-refractivity contribution in [2.45, 2.75) is 71.0 Å². The lowest BCUT2D eigenvalue weighted by Crippen LogP contribution is -2.58. The van der Waals surface area contributed by atoms with E-state index in [1.54, 1.807) is 24.3 Å². The smallest absolute Gasteiger partial charge is 0.262 e. The molecule has 3 unspecified atom stereocenters. The predicted octanol–water partition coefficient (Wildman–Crippen LogP) is 6.70. The molecule has 0 saturated carbocycles. The van der Waals surface area contributed by atoms with E-state index in [1.165, 1.54) is 6.07 Å². The van der Waals surface area contributed by atoms with E-state index in [2.05, 4.69) is 48.0 Å². The molecular weight excluding hydrogens is 790 g/mol. The molecule has 12 nitrogen and oxygen atoms in total. The van der Waals surface area contributed by atoms with Crippen LogP contribution in [-0.4, -0.2) is 113 Å². The second-order valence-corrected chi connectivity index (χ2v) is 17.1. The fourth-order valence-corrected chi connectivity index (χ4v) is 9.67. The van der Waals surface area contributed by atoms with Gasteiger partial charge in [0.25, 0.3) is 11.8 Å². The average molecular weight is 844 g/mol. The Kier molecular flexibility index (Phi) is 12.5. The molecule has 3 saturated heterocycles. The van der Waals surface area contributed by atoms with Gasteiger partial charge in [0.15, 0.2) is 0 Å². The molecule has 0 aliphatic carbocycles. The zero-order chi connectivity index (χ0) is 43.7. The number of likely N-dealkylation sites (tertiary alicyclic amines) is 1. The number of nitrogens with zero attached hydrogens (tertiary/aromatic N) is 4. The summed E-state index contributed by atoms with van der Waals surface area (Å²) in [5.74, 6) is -1.33.